The number of nitriles is 1. The first-order chi connectivity index (χ1) is 13.0. The molecule has 2 aromatic carbocycles. The Kier molecular flexibility index (Phi) is 3.60. The molecule has 27 heavy (non-hydrogen) atoms. The third kappa shape index (κ3) is 2.26. The number of aromatic nitrogens is 2. The van der Waals surface area contributed by atoms with Gasteiger partial charge in [-0.05, 0) is 16.8 Å². The summed E-state index contributed by atoms with van der Waals surface area (Å²) in [6.45, 7) is 0. The summed E-state index contributed by atoms with van der Waals surface area (Å²) in [5, 5.41) is 12.0. The third-order valence-corrected chi connectivity index (χ3v) is 5.01. The van der Waals surface area contributed by atoms with Gasteiger partial charge in [0.05, 0.1) is 11.1 Å². The van der Waals surface area contributed by atoms with E-state index in [2.05, 4.69) is 0 Å². The van der Waals surface area contributed by atoms with Gasteiger partial charge in [0.15, 0.2) is 0 Å². The first-order valence-corrected chi connectivity index (χ1v) is 8.36. The summed E-state index contributed by atoms with van der Waals surface area (Å²) in [5.74, 6) is 0.0547. The van der Waals surface area contributed by atoms with E-state index in [0.717, 1.165) is 20.9 Å². The maximum absolute atomic E-state index is 13.1. The molecular weight excluding hydrogens is 340 g/mol. The van der Waals surface area contributed by atoms with Gasteiger partial charge in [0.2, 0.25) is 0 Å². The number of nitrogens with zero attached hydrogens (tertiary/aromatic N) is 3. The van der Waals surface area contributed by atoms with Gasteiger partial charge < -0.3 is 10.3 Å². The lowest BCUT2D eigenvalue weighted by Crippen LogP contribution is -2.28. The van der Waals surface area contributed by atoms with Crippen molar-refractivity contribution in [1.82, 2.24) is 9.13 Å². The van der Waals surface area contributed by atoms with E-state index in [9.17, 15) is 14.9 Å². The largest absolute Gasteiger partial charge is 0.384 e. The van der Waals surface area contributed by atoms with Crippen LogP contribution in [0.1, 0.15) is 5.56 Å². The van der Waals surface area contributed by atoms with Crippen LogP contribution in [0, 0.1) is 11.3 Å². The Morgan fingerprint density at radius 3 is 2.37 bits per heavy atom. The summed E-state index contributed by atoms with van der Waals surface area (Å²) in [7, 11) is 3.12. The summed E-state index contributed by atoms with van der Waals surface area (Å²) in [5.41, 5.74) is 6.55. The van der Waals surface area contributed by atoms with Gasteiger partial charge in [-0.3, -0.25) is 14.2 Å². The summed E-state index contributed by atoms with van der Waals surface area (Å²) >= 11 is 0. The SMILES string of the molecule is Cn1c(N)c2c(=O)n(C)c(-c3cccc4ccccc34)cc2c(C#N)c1=O. The van der Waals surface area contributed by atoms with Crippen LogP contribution in [0.25, 0.3) is 32.8 Å². The van der Waals surface area contributed by atoms with Crippen LogP contribution in [0.2, 0.25) is 0 Å². The molecule has 0 saturated carbocycles. The van der Waals surface area contributed by atoms with E-state index in [1.165, 1.54) is 11.6 Å². The minimum atomic E-state index is -0.514. The molecule has 0 amide bonds. The fourth-order valence-corrected chi connectivity index (χ4v) is 3.52. The minimum Gasteiger partial charge on any atom is -0.384 e. The molecule has 132 valence electrons. The molecule has 0 unspecified atom stereocenters. The van der Waals surface area contributed by atoms with Gasteiger partial charge >= 0.3 is 0 Å². The molecule has 0 aliphatic rings. The molecule has 6 nitrogen and oxygen atoms in total. The van der Waals surface area contributed by atoms with E-state index >= 15 is 0 Å². The Labute approximate surface area is 154 Å². The van der Waals surface area contributed by atoms with Crippen LogP contribution < -0.4 is 16.9 Å². The molecule has 0 radical (unpaired) electrons. The van der Waals surface area contributed by atoms with Crippen molar-refractivity contribution >= 4 is 27.4 Å². The normalized spacial score (nSPS) is 11.0. The van der Waals surface area contributed by atoms with E-state index in [-0.39, 0.29) is 27.7 Å². The second-order valence-corrected chi connectivity index (χ2v) is 6.45. The zero-order chi connectivity index (χ0) is 19.3. The number of pyridine rings is 2. The van der Waals surface area contributed by atoms with Crippen LogP contribution in [0.4, 0.5) is 5.82 Å². The average molecular weight is 356 g/mol. The monoisotopic (exact) mass is 356 g/mol. The molecular formula is C21H16N4O2. The number of hydrogen-bond donors (Lipinski definition) is 1. The number of anilines is 1. The highest BCUT2D eigenvalue weighted by atomic mass is 16.1. The fraction of sp³-hybridized carbons (Fsp3) is 0.0952. The highest BCUT2D eigenvalue weighted by Crippen LogP contribution is 2.30. The fourth-order valence-electron chi connectivity index (χ4n) is 3.52. The molecule has 2 N–H and O–H groups in total. The predicted octanol–water partition coefficient (Wildman–Crippen LogP) is 2.51. The predicted molar refractivity (Wildman–Crippen MR) is 106 cm³/mol. The molecule has 6 heteroatoms. The zero-order valence-electron chi connectivity index (χ0n) is 14.9. The van der Waals surface area contributed by atoms with E-state index in [4.69, 9.17) is 5.73 Å². The topological polar surface area (TPSA) is 93.8 Å². The van der Waals surface area contributed by atoms with Gasteiger partial charge in [0, 0.05) is 25.0 Å². The lowest BCUT2D eigenvalue weighted by Gasteiger charge is -2.15. The summed E-state index contributed by atoms with van der Waals surface area (Å²) < 4.78 is 2.64. The van der Waals surface area contributed by atoms with Crippen molar-refractivity contribution in [3.05, 3.63) is 74.8 Å². The summed E-state index contributed by atoms with van der Waals surface area (Å²) in [6, 6.07) is 17.3. The number of rotatable bonds is 1. The van der Waals surface area contributed by atoms with Gasteiger partial charge in [-0.15, -0.1) is 0 Å². The molecule has 4 aromatic rings. The molecule has 0 atom stereocenters. The molecule has 0 bridgehead atoms. The first-order valence-electron chi connectivity index (χ1n) is 8.36. The number of benzene rings is 2. The Balaban J connectivity index is 2.23. The van der Waals surface area contributed by atoms with Crippen molar-refractivity contribution in [1.29, 1.82) is 5.26 Å². The Bertz CT molecular complexity index is 1400. The molecule has 4 rings (SSSR count). The van der Waals surface area contributed by atoms with Crippen molar-refractivity contribution in [2.24, 2.45) is 14.1 Å². The second-order valence-electron chi connectivity index (χ2n) is 6.45. The average Bonchev–Trinajstić information content (AvgIpc) is 2.68. The maximum Gasteiger partial charge on any atom is 0.270 e. The van der Waals surface area contributed by atoms with E-state index in [1.54, 1.807) is 13.1 Å². The van der Waals surface area contributed by atoms with Crippen molar-refractivity contribution < 1.29 is 0 Å². The summed E-state index contributed by atoms with van der Waals surface area (Å²) in [6.07, 6.45) is 0. The molecule has 0 fully saturated rings. The van der Waals surface area contributed by atoms with Crippen molar-refractivity contribution in [3.63, 3.8) is 0 Å². The highest BCUT2D eigenvalue weighted by Gasteiger charge is 2.19. The van der Waals surface area contributed by atoms with Gasteiger partial charge in [-0.25, -0.2) is 0 Å². The van der Waals surface area contributed by atoms with Gasteiger partial charge in [-0.2, -0.15) is 5.26 Å². The van der Waals surface area contributed by atoms with Crippen LogP contribution in [0.5, 0.6) is 0 Å². The molecule has 0 aliphatic carbocycles. The van der Waals surface area contributed by atoms with Crippen molar-refractivity contribution in [2.75, 3.05) is 5.73 Å². The maximum atomic E-state index is 13.1. The molecule has 2 aromatic heterocycles. The van der Waals surface area contributed by atoms with E-state index < -0.39 is 5.56 Å². The van der Waals surface area contributed by atoms with Crippen molar-refractivity contribution in [2.45, 2.75) is 0 Å². The number of nitrogen functional groups attached to an aromatic ring is 1. The zero-order valence-corrected chi connectivity index (χ0v) is 14.9. The standard InChI is InChI=1S/C21H16N4O2/c1-24-17(14-9-5-7-12-6-3-4-8-13(12)14)10-15-16(11-22)20(26)25(2)19(23)18(15)21(24)27/h3-10H,23H2,1-2H3. The lowest BCUT2D eigenvalue weighted by atomic mass is 9.99. The van der Waals surface area contributed by atoms with Gasteiger partial charge in [-0.1, -0.05) is 42.5 Å². The highest BCUT2D eigenvalue weighted by molar-refractivity contribution is 6.00. The Hall–Kier alpha value is -3.85. The smallest absolute Gasteiger partial charge is 0.270 e. The van der Waals surface area contributed by atoms with Crippen LogP contribution in [-0.2, 0) is 14.1 Å². The van der Waals surface area contributed by atoms with Crippen molar-refractivity contribution in [3.8, 4) is 17.3 Å². The van der Waals surface area contributed by atoms with Crippen LogP contribution >= 0.6 is 0 Å². The third-order valence-electron chi connectivity index (χ3n) is 5.01. The van der Waals surface area contributed by atoms with Crippen LogP contribution in [0.15, 0.2) is 58.1 Å². The number of fused-ring (bicyclic) bond motifs is 2. The number of nitrogens with two attached hydrogens (primary N) is 1. The molecule has 2 heterocycles. The number of hydrogen-bond acceptors (Lipinski definition) is 4. The molecule has 0 spiro atoms. The minimum absolute atomic E-state index is 0.0547. The van der Waals surface area contributed by atoms with Crippen LogP contribution in [0.3, 0.4) is 0 Å². The lowest BCUT2D eigenvalue weighted by molar-refractivity contribution is 0.860. The molecule has 0 aliphatic heterocycles. The summed E-state index contributed by atoms with van der Waals surface area (Å²) in [4.78, 5) is 25.5. The van der Waals surface area contributed by atoms with Gasteiger partial charge in [0.25, 0.3) is 11.1 Å². The first kappa shape index (κ1) is 16.6. The van der Waals surface area contributed by atoms with E-state index in [0.29, 0.717) is 5.69 Å². The second kappa shape index (κ2) is 5.85. The van der Waals surface area contributed by atoms with Gasteiger partial charge in [0.1, 0.15) is 17.5 Å². The molecule has 0 saturated heterocycles. The quantitative estimate of drug-likeness (QED) is 0.567. The van der Waals surface area contributed by atoms with Crippen LogP contribution in [-0.4, -0.2) is 9.13 Å². The Morgan fingerprint density at radius 2 is 1.63 bits per heavy atom. The Morgan fingerprint density at radius 1 is 0.926 bits per heavy atom. The van der Waals surface area contributed by atoms with E-state index in [1.807, 2.05) is 48.5 Å².